The van der Waals surface area contributed by atoms with Crippen LogP contribution in [0.25, 0.3) is 0 Å². The summed E-state index contributed by atoms with van der Waals surface area (Å²) in [4.78, 5) is 0. The predicted molar refractivity (Wildman–Crippen MR) is 105 cm³/mol. The number of rotatable bonds is 8. The van der Waals surface area contributed by atoms with E-state index in [9.17, 15) is 5.11 Å². The normalized spacial score (nSPS) is 21.4. The fourth-order valence-corrected chi connectivity index (χ4v) is 3.77. The minimum atomic E-state index is -0.779. The molecule has 6 nitrogen and oxygen atoms in total. The van der Waals surface area contributed by atoms with E-state index in [1.54, 1.807) is 28.4 Å². The van der Waals surface area contributed by atoms with Crippen molar-refractivity contribution in [2.45, 2.75) is 19.1 Å². The number of hydrogen-bond donors (Lipinski definition) is 1. The van der Waals surface area contributed by atoms with Crippen LogP contribution in [0, 0.1) is 11.8 Å². The first-order chi connectivity index (χ1) is 13.6. The van der Waals surface area contributed by atoms with Crippen molar-refractivity contribution in [1.29, 1.82) is 0 Å². The van der Waals surface area contributed by atoms with Crippen LogP contribution in [0.4, 0.5) is 0 Å². The molecule has 1 aliphatic rings. The van der Waals surface area contributed by atoms with Gasteiger partial charge in [-0.1, -0.05) is 12.1 Å². The van der Waals surface area contributed by atoms with E-state index < -0.39 is 6.29 Å². The molecule has 1 aliphatic heterocycles. The van der Waals surface area contributed by atoms with E-state index >= 15 is 0 Å². The van der Waals surface area contributed by atoms with Gasteiger partial charge in [-0.2, -0.15) is 0 Å². The van der Waals surface area contributed by atoms with Crippen molar-refractivity contribution >= 4 is 0 Å². The Morgan fingerprint density at radius 3 is 1.79 bits per heavy atom. The standard InChI is InChI=1S/C22H28O6/c1-24-18-7-5-14(11-20(18)26-3)9-16-13-28-22(23)17(16)10-15-6-8-19(25-2)21(12-15)27-4/h5-8,11-12,16-17,22-23H,9-10,13H2,1-4H3/t16-,17+,22-/m0/s1. The molecule has 0 saturated carbocycles. The van der Waals surface area contributed by atoms with E-state index in [2.05, 4.69) is 0 Å². The van der Waals surface area contributed by atoms with Gasteiger partial charge < -0.3 is 28.8 Å². The Balaban J connectivity index is 1.75. The number of methoxy groups -OCH3 is 4. The molecule has 1 heterocycles. The summed E-state index contributed by atoms with van der Waals surface area (Å²) in [5.74, 6) is 2.97. The summed E-state index contributed by atoms with van der Waals surface area (Å²) in [6.45, 7) is 0.521. The molecule has 28 heavy (non-hydrogen) atoms. The van der Waals surface area contributed by atoms with Crippen LogP contribution >= 0.6 is 0 Å². The van der Waals surface area contributed by atoms with E-state index in [1.807, 2.05) is 36.4 Å². The van der Waals surface area contributed by atoms with Crippen LogP contribution in [0.2, 0.25) is 0 Å². The van der Waals surface area contributed by atoms with Crippen LogP contribution in [-0.2, 0) is 17.6 Å². The smallest absolute Gasteiger partial charge is 0.160 e. The third kappa shape index (κ3) is 4.34. The molecule has 0 amide bonds. The Labute approximate surface area is 165 Å². The lowest BCUT2D eigenvalue weighted by Crippen LogP contribution is -2.24. The Hall–Kier alpha value is -2.44. The Morgan fingerprint density at radius 1 is 0.786 bits per heavy atom. The Bertz CT molecular complexity index is 791. The number of aliphatic hydroxyl groups is 1. The van der Waals surface area contributed by atoms with Gasteiger partial charge in [0.25, 0.3) is 0 Å². The van der Waals surface area contributed by atoms with E-state index in [0.717, 1.165) is 17.5 Å². The maximum atomic E-state index is 10.4. The average Bonchev–Trinajstić information content (AvgIpc) is 3.06. The van der Waals surface area contributed by atoms with Gasteiger partial charge in [0.15, 0.2) is 29.3 Å². The second kappa shape index (κ2) is 9.17. The molecule has 3 rings (SSSR count). The zero-order chi connectivity index (χ0) is 20.1. The highest BCUT2D eigenvalue weighted by Gasteiger charge is 2.36. The van der Waals surface area contributed by atoms with Crippen molar-refractivity contribution in [1.82, 2.24) is 0 Å². The van der Waals surface area contributed by atoms with Gasteiger partial charge in [0, 0.05) is 5.92 Å². The van der Waals surface area contributed by atoms with E-state index in [1.165, 1.54) is 0 Å². The van der Waals surface area contributed by atoms with Gasteiger partial charge in [-0.25, -0.2) is 0 Å². The molecule has 152 valence electrons. The molecule has 6 heteroatoms. The summed E-state index contributed by atoms with van der Waals surface area (Å²) in [5.41, 5.74) is 2.20. The van der Waals surface area contributed by atoms with Crippen LogP contribution in [0.3, 0.4) is 0 Å². The van der Waals surface area contributed by atoms with Crippen molar-refractivity contribution < 1.29 is 28.8 Å². The van der Waals surface area contributed by atoms with Gasteiger partial charge in [0.2, 0.25) is 0 Å². The fraction of sp³-hybridized carbons (Fsp3) is 0.455. The molecule has 0 aliphatic carbocycles. The Morgan fingerprint density at radius 2 is 1.29 bits per heavy atom. The van der Waals surface area contributed by atoms with Gasteiger partial charge in [-0.3, -0.25) is 0 Å². The lowest BCUT2D eigenvalue weighted by atomic mass is 9.84. The van der Waals surface area contributed by atoms with Crippen molar-refractivity contribution in [3.63, 3.8) is 0 Å². The van der Waals surface area contributed by atoms with Gasteiger partial charge in [0.05, 0.1) is 35.0 Å². The molecule has 0 aromatic heterocycles. The molecule has 0 spiro atoms. The van der Waals surface area contributed by atoms with Gasteiger partial charge >= 0.3 is 0 Å². The summed E-state index contributed by atoms with van der Waals surface area (Å²) in [6.07, 6.45) is 0.702. The molecule has 1 saturated heterocycles. The first kappa shape index (κ1) is 20.3. The van der Waals surface area contributed by atoms with E-state index in [4.69, 9.17) is 23.7 Å². The molecule has 3 atom stereocenters. The molecule has 0 bridgehead atoms. The maximum absolute atomic E-state index is 10.4. The minimum absolute atomic E-state index is 0.00815. The molecule has 0 radical (unpaired) electrons. The summed E-state index contributed by atoms with van der Waals surface area (Å²) in [6, 6.07) is 11.8. The monoisotopic (exact) mass is 388 g/mol. The third-order valence-electron chi connectivity index (χ3n) is 5.32. The highest BCUT2D eigenvalue weighted by molar-refractivity contribution is 5.44. The topological polar surface area (TPSA) is 66.4 Å². The van der Waals surface area contributed by atoms with Crippen molar-refractivity contribution in [2.24, 2.45) is 11.8 Å². The second-order valence-electron chi connectivity index (χ2n) is 6.93. The maximum Gasteiger partial charge on any atom is 0.160 e. The van der Waals surface area contributed by atoms with Crippen LogP contribution in [0.15, 0.2) is 36.4 Å². The van der Waals surface area contributed by atoms with E-state index in [0.29, 0.717) is 36.0 Å². The summed E-state index contributed by atoms with van der Waals surface area (Å²) in [5, 5.41) is 10.4. The first-order valence-corrected chi connectivity index (χ1v) is 9.31. The molecular formula is C22H28O6. The van der Waals surface area contributed by atoms with Crippen molar-refractivity contribution in [2.75, 3.05) is 35.0 Å². The van der Waals surface area contributed by atoms with Gasteiger partial charge in [-0.15, -0.1) is 0 Å². The molecule has 2 aromatic rings. The highest BCUT2D eigenvalue weighted by atomic mass is 16.6. The van der Waals surface area contributed by atoms with Crippen molar-refractivity contribution in [3.8, 4) is 23.0 Å². The van der Waals surface area contributed by atoms with Crippen LogP contribution in [0.5, 0.6) is 23.0 Å². The summed E-state index contributed by atoms with van der Waals surface area (Å²) >= 11 is 0. The molecule has 1 N–H and O–H groups in total. The number of benzene rings is 2. The van der Waals surface area contributed by atoms with E-state index in [-0.39, 0.29) is 11.8 Å². The predicted octanol–water partition coefficient (Wildman–Crippen LogP) is 3.09. The first-order valence-electron chi connectivity index (χ1n) is 9.31. The lowest BCUT2D eigenvalue weighted by molar-refractivity contribution is -0.0820. The quantitative estimate of drug-likeness (QED) is 0.750. The molecule has 1 fully saturated rings. The van der Waals surface area contributed by atoms with Crippen LogP contribution in [-0.4, -0.2) is 46.4 Å². The minimum Gasteiger partial charge on any atom is -0.493 e. The Kier molecular flexibility index (Phi) is 6.65. The van der Waals surface area contributed by atoms with Gasteiger partial charge in [-0.05, 0) is 54.2 Å². The largest absolute Gasteiger partial charge is 0.493 e. The third-order valence-corrected chi connectivity index (χ3v) is 5.32. The molecule has 2 aromatic carbocycles. The SMILES string of the molecule is COc1ccc(C[C@H]2CO[C@H](O)[C@@H]2Cc2ccc(OC)c(OC)c2)cc1OC. The lowest BCUT2D eigenvalue weighted by Gasteiger charge is -2.21. The van der Waals surface area contributed by atoms with Crippen LogP contribution in [0.1, 0.15) is 11.1 Å². The van der Waals surface area contributed by atoms with Crippen molar-refractivity contribution in [3.05, 3.63) is 47.5 Å². The number of ether oxygens (including phenoxy) is 5. The second-order valence-corrected chi connectivity index (χ2v) is 6.93. The zero-order valence-electron chi connectivity index (χ0n) is 16.8. The molecule has 0 unspecified atom stereocenters. The number of aliphatic hydroxyl groups excluding tert-OH is 1. The van der Waals surface area contributed by atoms with Crippen LogP contribution < -0.4 is 18.9 Å². The highest BCUT2D eigenvalue weighted by Crippen LogP contribution is 2.36. The fourth-order valence-electron chi connectivity index (χ4n) is 3.77. The summed E-state index contributed by atoms with van der Waals surface area (Å²) < 4.78 is 27.0. The zero-order valence-corrected chi connectivity index (χ0v) is 16.8. The molecular weight excluding hydrogens is 360 g/mol. The number of hydrogen-bond acceptors (Lipinski definition) is 6. The summed E-state index contributed by atoms with van der Waals surface area (Å²) in [7, 11) is 6.49. The van der Waals surface area contributed by atoms with Gasteiger partial charge in [0.1, 0.15) is 0 Å². The average molecular weight is 388 g/mol.